The van der Waals surface area contributed by atoms with E-state index < -0.39 is 27.1 Å². The zero-order valence-corrected chi connectivity index (χ0v) is 13.8. The van der Waals surface area contributed by atoms with Crippen molar-refractivity contribution in [3.8, 4) is 0 Å². The second kappa shape index (κ2) is 12.0. The highest BCUT2D eigenvalue weighted by Crippen LogP contribution is 2.15. The summed E-state index contributed by atoms with van der Waals surface area (Å²) in [5.74, 6) is -1.63. The number of hydrogen-bond donors (Lipinski definition) is 2. The predicted octanol–water partition coefficient (Wildman–Crippen LogP) is 2.07. The number of hydrogen-bond acceptors (Lipinski definition) is 5. The van der Waals surface area contributed by atoms with Gasteiger partial charge in [-0.25, -0.2) is 4.79 Å². The molecule has 1 radical (unpaired) electrons. The standard InChI is InChI=1S/C15H23O7S/c16-12-8-9-13(17)14(23(20,21)22)10-6-4-2-1-3-5-7-11-15(18)19/h7,11,14H,1-6,8-10H2,(H,18,19)(H,20,21,22). The lowest BCUT2D eigenvalue weighted by atomic mass is 10.0. The van der Waals surface area contributed by atoms with Crippen LogP contribution in [0.5, 0.6) is 0 Å². The van der Waals surface area contributed by atoms with Gasteiger partial charge in [0.1, 0.15) is 5.25 Å². The number of carbonyl (C=O) groups excluding carboxylic acids is 2. The average molecular weight is 347 g/mol. The van der Waals surface area contributed by atoms with Crippen molar-refractivity contribution in [3.05, 3.63) is 12.2 Å². The van der Waals surface area contributed by atoms with Gasteiger partial charge in [-0.2, -0.15) is 8.42 Å². The van der Waals surface area contributed by atoms with Crippen LogP contribution in [0.3, 0.4) is 0 Å². The Hall–Kier alpha value is -1.54. The SMILES string of the molecule is O=[C]CCC(=O)C(CCCCCCCC=CC(=O)O)S(=O)(=O)O. The van der Waals surface area contributed by atoms with Gasteiger partial charge in [0.25, 0.3) is 10.1 Å². The van der Waals surface area contributed by atoms with E-state index in [2.05, 4.69) is 0 Å². The van der Waals surface area contributed by atoms with Crippen molar-refractivity contribution < 1.29 is 32.5 Å². The number of carbonyl (C=O) groups is 2. The van der Waals surface area contributed by atoms with Gasteiger partial charge in [0.05, 0.1) is 0 Å². The van der Waals surface area contributed by atoms with E-state index in [1.807, 2.05) is 0 Å². The molecule has 0 spiro atoms. The maximum Gasteiger partial charge on any atom is 0.327 e. The minimum atomic E-state index is -4.45. The van der Waals surface area contributed by atoms with E-state index in [-0.39, 0.29) is 19.3 Å². The van der Waals surface area contributed by atoms with Gasteiger partial charge in [-0.15, -0.1) is 0 Å². The third-order valence-corrected chi connectivity index (χ3v) is 4.51. The van der Waals surface area contributed by atoms with Crippen molar-refractivity contribution in [1.29, 1.82) is 0 Å². The number of aliphatic carboxylic acids is 1. The van der Waals surface area contributed by atoms with Crippen LogP contribution in [0, 0.1) is 0 Å². The van der Waals surface area contributed by atoms with Gasteiger partial charge in [0.2, 0.25) is 0 Å². The number of Topliss-reactive ketones (excluding diaryl/α,β-unsaturated/α-hetero) is 1. The lowest BCUT2D eigenvalue weighted by molar-refractivity contribution is -0.131. The molecule has 8 heteroatoms. The second-order valence-electron chi connectivity index (χ2n) is 5.20. The number of rotatable bonds is 14. The number of unbranched alkanes of at least 4 members (excludes halogenated alkanes) is 5. The first-order valence-electron chi connectivity index (χ1n) is 7.52. The van der Waals surface area contributed by atoms with Crippen LogP contribution in [0.15, 0.2) is 12.2 Å². The summed E-state index contributed by atoms with van der Waals surface area (Å²) in [6.07, 6.45) is 8.22. The molecule has 0 aliphatic heterocycles. The smallest absolute Gasteiger partial charge is 0.327 e. The molecule has 0 aliphatic carbocycles. The first-order chi connectivity index (χ1) is 10.8. The molecule has 0 aromatic rings. The van der Waals surface area contributed by atoms with Gasteiger partial charge in [-0.1, -0.05) is 31.8 Å². The Kier molecular flexibility index (Phi) is 11.2. The summed E-state index contributed by atoms with van der Waals surface area (Å²) in [6.45, 7) is 0. The maximum atomic E-state index is 11.7. The molecule has 0 saturated carbocycles. The normalized spacial score (nSPS) is 13.1. The summed E-state index contributed by atoms with van der Waals surface area (Å²) in [7, 11) is -4.45. The minimum Gasteiger partial charge on any atom is -0.478 e. The molecule has 1 atom stereocenters. The first-order valence-corrected chi connectivity index (χ1v) is 9.03. The van der Waals surface area contributed by atoms with Crippen LogP contribution in [0.4, 0.5) is 0 Å². The molecule has 0 aromatic heterocycles. The monoisotopic (exact) mass is 347 g/mol. The van der Waals surface area contributed by atoms with Crippen LogP contribution < -0.4 is 0 Å². The molecule has 0 aromatic carbocycles. The van der Waals surface area contributed by atoms with E-state index in [4.69, 9.17) is 9.66 Å². The second-order valence-corrected chi connectivity index (χ2v) is 6.80. The third kappa shape index (κ3) is 11.7. The Morgan fingerprint density at radius 1 is 1.09 bits per heavy atom. The molecule has 2 N–H and O–H groups in total. The average Bonchev–Trinajstić information content (AvgIpc) is 2.45. The van der Waals surface area contributed by atoms with Gasteiger partial charge in [0.15, 0.2) is 12.1 Å². The number of carboxylic acid groups (broad SMARTS) is 1. The van der Waals surface area contributed by atoms with Crippen molar-refractivity contribution in [2.24, 2.45) is 0 Å². The zero-order valence-electron chi connectivity index (χ0n) is 12.9. The zero-order chi connectivity index (χ0) is 17.7. The Labute approximate surface area is 136 Å². The molecule has 0 saturated heterocycles. The molecule has 23 heavy (non-hydrogen) atoms. The molecular weight excluding hydrogens is 324 g/mol. The summed E-state index contributed by atoms with van der Waals surface area (Å²) in [6, 6.07) is 0. The third-order valence-electron chi connectivity index (χ3n) is 3.29. The Bertz CT molecular complexity index is 508. The molecule has 0 amide bonds. The van der Waals surface area contributed by atoms with E-state index in [1.165, 1.54) is 6.29 Å². The molecule has 0 heterocycles. The summed E-state index contributed by atoms with van der Waals surface area (Å²) in [5, 5.41) is 6.93. The van der Waals surface area contributed by atoms with Crippen LogP contribution in [0.25, 0.3) is 0 Å². The van der Waals surface area contributed by atoms with Gasteiger partial charge in [-0.3, -0.25) is 14.1 Å². The molecular formula is C15H23O7S. The predicted molar refractivity (Wildman–Crippen MR) is 84.4 cm³/mol. The fraction of sp³-hybridized carbons (Fsp3) is 0.667. The van der Waals surface area contributed by atoms with Crippen LogP contribution in [0.2, 0.25) is 0 Å². The van der Waals surface area contributed by atoms with Crippen LogP contribution in [0.1, 0.15) is 57.8 Å². The summed E-state index contributed by atoms with van der Waals surface area (Å²) in [4.78, 5) is 32.0. The number of ketones is 1. The Balaban J connectivity index is 3.99. The largest absolute Gasteiger partial charge is 0.478 e. The van der Waals surface area contributed by atoms with Gasteiger partial charge in [-0.05, 0) is 19.3 Å². The van der Waals surface area contributed by atoms with Gasteiger partial charge >= 0.3 is 5.97 Å². The Morgan fingerprint density at radius 2 is 1.70 bits per heavy atom. The van der Waals surface area contributed by atoms with Crippen molar-refractivity contribution in [1.82, 2.24) is 0 Å². The fourth-order valence-corrected chi connectivity index (χ4v) is 3.03. The number of carboxylic acids is 1. The van der Waals surface area contributed by atoms with Crippen LogP contribution in [-0.4, -0.2) is 41.4 Å². The van der Waals surface area contributed by atoms with E-state index in [0.717, 1.165) is 25.3 Å². The quantitative estimate of drug-likeness (QED) is 0.280. The lowest BCUT2D eigenvalue weighted by Crippen LogP contribution is -2.30. The van der Waals surface area contributed by atoms with Crippen molar-refractivity contribution in [2.45, 2.75) is 63.0 Å². The van der Waals surface area contributed by atoms with E-state index in [0.29, 0.717) is 19.3 Å². The molecule has 0 fully saturated rings. The van der Waals surface area contributed by atoms with Crippen LogP contribution >= 0.6 is 0 Å². The van der Waals surface area contributed by atoms with Crippen molar-refractivity contribution in [2.75, 3.05) is 0 Å². The van der Waals surface area contributed by atoms with E-state index in [9.17, 15) is 22.8 Å². The van der Waals surface area contributed by atoms with Crippen molar-refractivity contribution >= 4 is 28.2 Å². The minimum absolute atomic E-state index is 0.0371. The molecule has 0 bridgehead atoms. The summed E-state index contributed by atoms with van der Waals surface area (Å²) in [5.41, 5.74) is 0. The van der Waals surface area contributed by atoms with Crippen LogP contribution in [-0.2, 0) is 24.5 Å². The maximum absolute atomic E-state index is 11.7. The Morgan fingerprint density at radius 3 is 2.26 bits per heavy atom. The topological polar surface area (TPSA) is 126 Å². The summed E-state index contributed by atoms with van der Waals surface area (Å²) >= 11 is 0. The highest BCUT2D eigenvalue weighted by atomic mass is 32.2. The number of allylic oxidation sites excluding steroid dienone is 1. The highest BCUT2D eigenvalue weighted by Gasteiger charge is 2.29. The molecule has 131 valence electrons. The molecule has 1 unspecified atom stereocenters. The fourth-order valence-electron chi connectivity index (χ4n) is 2.12. The first kappa shape index (κ1) is 21.5. The van der Waals surface area contributed by atoms with Crippen molar-refractivity contribution in [3.63, 3.8) is 0 Å². The molecule has 7 nitrogen and oxygen atoms in total. The van der Waals surface area contributed by atoms with Gasteiger partial charge < -0.3 is 5.11 Å². The van der Waals surface area contributed by atoms with E-state index >= 15 is 0 Å². The highest BCUT2D eigenvalue weighted by molar-refractivity contribution is 7.87. The van der Waals surface area contributed by atoms with Gasteiger partial charge in [0, 0.05) is 18.9 Å². The molecule has 0 rings (SSSR count). The van der Waals surface area contributed by atoms with E-state index in [1.54, 1.807) is 6.08 Å². The lowest BCUT2D eigenvalue weighted by Gasteiger charge is -2.11. The molecule has 0 aliphatic rings. The summed E-state index contributed by atoms with van der Waals surface area (Å²) < 4.78 is 31.5.